The van der Waals surface area contributed by atoms with Crippen LogP contribution in [0.15, 0.2) is 36.4 Å². The number of hydrogen-bond acceptors (Lipinski definition) is 18. The number of likely N-dealkylation sites (tertiary alicyclic amines) is 2. The summed E-state index contributed by atoms with van der Waals surface area (Å²) in [5.41, 5.74) is 13.9. The van der Waals surface area contributed by atoms with Crippen molar-refractivity contribution < 1.29 is 24.3 Å². The second-order valence-electron chi connectivity index (χ2n) is 32.7. The third kappa shape index (κ3) is 76.1. The van der Waals surface area contributed by atoms with E-state index in [1.807, 2.05) is 6.92 Å². The van der Waals surface area contributed by atoms with Gasteiger partial charge in [0.1, 0.15) is 12.9 Å². The first-order valence-corrected chi connectivity index (χ1v) is 47.9. The fourth-order valence-electron chi connectivity index (χ4n) is 10.4. The van der Waals surface area contributed by atoms with Crippen LogP contribution in [0.5, 0.6) is 5.75 Å². The van der Waals surface area contributed by atoms with Crippen LogP contribution in [0.4, 0.5) is 0 Å². The van der Waals surface area contributed by atoms with Crippen LogP contribution in [-0.2, 0) is 27.1 Å². The lowest BCUT2D eigenvalue weighted by Gasteiger charge is -2.33. The molecule has 18 nitrogen and oxygen atoms in total. The van der Waals surface area contributed by atoms with E-state index >= 15 is 0 Å². The van der Waals surface area contributed by atoms with Gasteiger partial charge in [-0.05, 0) is 229 Å². The van der Waals surface area contributed by atoms with Crippen molar-refractivity contribution in [3.8, 4) is 5.75 Å². The molecule has 628 valence electrons. The number of likely N-dealkylation sites (N-methyl/N-ethyl adjacent to an activating group) is 1. The fraction of sp³-hybridized carbons (Fsp3) is 0.845. The number of nitrogens with two attached hydrogens (primary N) is 2. The van der Waals surface area contributed by atoms with Gasteiger partial charge in [-0.3, -0.25) is 14.8 Å². The number of benzene rings is 1. The summed E-state index contributed by atoms with van der Waals surface area (Å²) in [4.78, 5) is 16.1. The minimum atomic E-state index is -1.95. The third-order valence-electron chi connectivity index (χ3n) is 16.9. The van der Waals surface area contributed by atoms with Crippen molar-refractivity contribution >= 4 is 42.0 Å². The number of nitrogens with one attached hydrogen (secondary N) is 5. The van der Waals surface area contributed by atoms with Crippen LogP contribution < -0.4 is 43.4 Å². The van der Waals surface area contributed by atoms with Crippen LogP contribution in [0.25, 0.3) is 0 Å². The number of ether oxygens (including phenoxy) is 2. The smallest absolute Gasteiger partial charge is 0.138 e. The van der Waals surface area contributed by atoms with E-state index < -0.39 is 14.0 Å². The molecule has 0 bridgehead atoms. The maximum Gasteiger partial charge on any atom is 0.138 e. The Morgan fingerprint density at radius 1 is 0.676 bits per heavy atom. The lowest BCUT2D eigenvalue weighted by Crippen LogP contribution is -2.45. The zero-order valence-corrected chi connectivity index (χ0v) is 75.9. The molecule has 0 saturated carbocycles. The lowest BCUT2D eigenvalue weighted by molar-refractivity contribution is 0.0989. The highest BCUT2D eigenvalue weighted by Crippen LogP contribution is 2.35. The molecule has 1 aromatic carbocycles. The van der Waals surface area contributed by atoms with Crippen LogP contribution in [-0.4, -0.2) is 282 Å². The van der Waals surface area contributed by atoms with Gasteiger partial charge in [0.15, 0.2) is 0 Å². The fourth-order valence-corrected chi connectivity index (χ4v) is 13.1. The minimum Gasteiger partial charge on any atom is -0.506 e. The zero-order chi connectivity index (χ0) is 80.4. The second-order valence-corrected chi connectivity index (χ2v) is 42.0. The van der Waals surface area contributed by atoms with Crippen molar-refractivity contribution in [2.24, 2.45) is 17.4 Å². The molecule has 0 radical (unpaired) electrons. The van der Waals surface area contributed by atoms with Crippen molar-refractivity contribution in [3.05, 3.63) is 53.3 Å². The number of aromatic nitrogens is 1. The van der Waals surface area contributed by atoms with Crippen molar-refractivity contribution in [2.45, 2.75) is 297 Å². The normalized spacial score (nSPS) is 15.3. The van der Waals surface area contributed by atoms with Crippen LogP contribution >= 0.6 is 24.5 Å². The Morgan fingerprint density at radius 2 is 1.18 bits per heavy atom. The molecular weight excluding hydrogens is 1370 g/mol. The number of aliphatic hydroxyl groups is 1. The summed E-state index contributed by atoms with van der Waals surface area (Å²) in [7, 11) is 2.70. The molecule has 105 heavy (non-hydrogen) atoms. The largest absolute Gasteiger partial charge is 0.506 e. The maximum absolute atomic E-state index is 11.2. The van der Waals surface area contributed by atoms with E-state index in [0.717, 1.165) is 95.6 Å². The predicted molar refractivity (Wildman–Crippen MR) is 479 cm³/mol. The number of pyridine rings is 1. The predicted octanol–water partition coefficient (Wildman–Crippen LogP) is 14.2. The van der Waals surface area contributed by atoms with Crippen LogP contribution in [0.2, 0.25) is 0 Å². The number of unbranched alkanes of at least 4 members (excludes halogenated alkanes) is 1. The summed E-state index contributed by atoms with van der Waals surface area (Å²) in [5.74, 6) is 7.68. The summed E-state index contributed by atoms with van der Waals surface area (Å²) in [6.45, 7) is 72.4. The van der Waals surface area contributed by atoms with Gasteiger partial charge >= 0.3 is 0 Å². The average molecular weight is 1550 g/mol. The average Bonchev–Trinajstić information content (AvgIpc) is 0.870. The SMILES string of the molecule is C.C=P(C)(C)c1ccc(CNC(C)C)cc1.C=S1CCN(C(C)C)CC1.CC(C)CCCOCP(C)(C)=O.CC(C)N1CCC(N)CC1.CC(C)NCCCN.CC(C)NCCN(C)C.CCCCNC(C)C.CCOCCN1CCC(NC(C)C)CC1.Cc1ccc(O)c(CN(C[C@H](C)O)C(C)C)n1. The molecule has 11 N–H and O–H groups in total. The monoisotopic (exact) mass is 1550 g/mol. The van der Waals surface area contributed by atoms with E-state index in [4.69, 9.17) is 20.9 Å². The first-order valence-electron chi connectivity index (χ1n) is 40.5. The maximum atomic E-state index is 11.2. The molecule has 5 rings (SSSR count). The molecule has 3 saturated heterocycles. The molecule has 0 aliphatic carbocycles. The van der Waals surface area contributed by atoms with Crippen LogP contribution in [0.1, 0.15) is 228 Å². The second kappa shape index (κ2) is 69.1. The van der Waals surface area contributed by atoms with Gasteiger partial charge in [-0.2, -0.15) is 10.5 Å². The van der Waals surface area contributed by atoms with Crippen molar-refractivity contribution in [3.63, 3.8) is 0 Å². The van der Waals surface area contributed by atoms with Gasteiger partial charge in [0.25, 0.3) is 0 Å². The first-order chi connectivity index (χ1) is 48.5. The van der Waals surface area contributed by atoms with Crippen molar-refractivity contribution in [2.75, 3.05) is 164 Å². The van der Waals surface area contributed by atoms with E-state index in [-0.39, 0.29) is 19.3 Å². The number of piperidine rings is 2. The molecule has 3 fully saturated rings. The molecule has 2 aromatic rings. The molecule has 0 spiro atoms. The molecular formula is C84H181N13O5P2S. The standard InChI is InChI=1S/C13H22N2O2.C13H22NP.C12H26N2O.C9H21O2P.C8H18N2.C8H17NS.C7H18N2.C7H17N.C6H16N2.CH4/c1-9(2)15(7-11(4)16)8-12-13(17)6-5-10(3)14-12;1-11(2)14-10-12-6-8-13(9-7-12)15(3,4)5;1-4-15-10-9-14-7-5-12(6-8-14)13-11(2)3;1-9(2)6-5-7-11-8-12(3,4)10;1-7(2)10-5-3-8(9)4-6-10;1-8(2)9-4-6-10(3)7-5-9;1-7(2)8-5-6-9(3)4;1-4-5-6-8-7(2)3;1-6(2)8-5-3-4-7;/h5-6,9,11,16-17H,7-8H2,1-4H3;6-9,11,14H,3,10H2,1-2,4-5H3;11-13H,4-10H2,1-3H3;9H,5-8H2,1-4H3;7-8H,3-6,9H2,1-2H3;8H,3-7H2,1-2H3;7-8H,5-6H2,1-4H3;7-8H,4-6H2,1-3H3;6,8H,3-5,7H2,1-2H3;1H4/t11-;;;;;;;;;/m0........./s1. The highest BCUT2D eigenvalue weighted by molar-refractivity contribution is 8.14. The molecule has 21 heteroatoms. The Kier molecular flexibility index (Phi) is 73.6. The summed E-state index contributed by atoms with van der Waals surface area (Å²) in [6.07, 6.45) is 15.2. The van der Waals surface area contributed by atoms with E-state index in [1.165, 1.54) is 113 Å². The van der Waals surface area contributed by atoms with E-state index in [9.17, 15) is 14.8 Å². The highest BCUT2D eigenvalue weighted by atomic mass is 32.2. The summed E-state index contributed by atoms with van der Waals surface area (Å²) >= 11 is 0. The number of aromatic hydroxyl groups is 1. The minimum absolute atomic E-state index is 0. The van der Waals surface area contributed by atoms with Gasteiger partial charge in [0.2, 0.25) is 0 Å². The molecule has 4 heterocycles. The molecule has 1 aromatic heterocycles. The zero-order valence-electron chi connectivity index (χ0n) is 73.3. The number of aliphatic hydroxyl groups excluding tert-OH is 1. The van der Waals surface area contributed by atoms with Crippen LogP contribution in [0.3, 0.4) is 0 Å². The molecule has 0 unspecified atom stereocenters. The van der Waals surface area contributed by atoms with E-state index in [2.05, 4.69) is 258 Å². The van der Waals surface area contributed by atoms with Gasteiger partial charge in [0.05, 0.1) is 24.8 Å². The number of nitrogens with zero attached hydrogens (tertiary/aromatic N) is 6. The van der Waals surface area contributed by atoms with Crippen LogP contribution in [0, 0.1) is 12.8 Å². The Labute approximate surface area is 655 Å². The number of aryl methyl sites for hydroxylation is 1. The van der Waals surface area contributed by atoms with Crippen molar-refractivity contribution in [1.29, 1.82) is 0 Å². The molecule has 1 atom stereocenters. The van der Waals surface area contributed by atoms with Gasteiger partial charge < -0.3 is 77.0 Å². The summed E-state index contributed by atoms with van der Waals surface area (Å²) in [6, 6.07) is 18.3. The summed E-state index contributed by atoms with van der Waals surface area (Å²) < 4.78 is 21.8. The highest BCUT2D eigenvalue weighted by Gasteiger charge is 2.21. The van der Waals surface area contributed by atoms with Gasteiger partial charge in [-0.25, -0.2) is 0 Å². The number of hydrogen-bond donors (Lipinski definition) is 9. The van der Waals surface area contributed by atoms with Crippen molar-refractivity contribution in [1.82, 2.24) is 56.1 Å². The molecule has 0 amide bonds. The molecule has 3 aliphatic heterocycles. The van der Waals surface area contributed by atoms with Gasteiger partial charge in [0, 0.05) is 143 Å². The van der Waals surface area contributed by atoms with Gasteiger partial charge in [-0.1, -0.05) is 147 Å². The molecule has 3 aliphatic rings. The first kappa shape index (κ1) is 112. The topological polar surface area (TPSA) is 217 Å². The third-order valence-corrected chi connectivity index (χ3v) is 20.9. The van der Waals surface area contributed by atoms with Gasteiger partial charge in [-0.15, -0.1) is 0 Å². The Bertz CT molecular complexity index is 2310. The Hall–Kier alpha value is -1.68. The Morgan fingerprint density at radius 3 is 1.60 bits per heavy atom. The lowest BCUT2D eigenvalue weighted by atomic mass is 10.0. The van der Waals surface area contributed by atoms with E-state index in [1.54, 1.807) is 32.4 Å². The quantitative estimate of drug-likeness (QED) is 0.0178. The Balaban J connectivity index is -0.000000361. The summed E-state index contributed by atoms with van der Waals surface area (Å²) in [5, 5.41) is 37.6. The van der Waals surface area contributed by atoms with E-state index in [0.29, 0.717) is 84.0 Å². The number of rotatable bonds is 35.